The molecular weight excluding hydrogens is 338 g/mol. The summed E-state index contributed by atoms with van der Waals surface area (Å²) in [6.45, 7) is 2.49. The Hall–Kier alpha value is -3.09. The van der Waals surface area contributed by atoms with Crippen LogP contribution >= 0.6 is 0 Å². The molecule has 0 saturated heterocycles. The monoisotopic (exact) mass is 359 g/mol. The highest BCUT2D eigenvalue weighted by molar-refractivity contribution is 5.74. The lowest BCUT2D eigenvalue weighted by atomic mass is 10.3. The Labute approximate surface area is 151 Å². The molecular formula is C19H21NO6. The smallest absolute Gasteiger partial charge is 0.349 e. The minimum atomic E-state index is -0.604. The lowest BCUT2D eigenvalue weighted by Gasteiger charge is -2.09. The minimum Gasteiger partial charge on any atom is -0.493 e. The number of carbonyl (C=O) groups excluding carboxylic acids is 1. The van der Waals surface area contributed by atoms with E-state index in [1.807, 2.05) is 6.07 Å². The zero-order valence-corrected chi connectivity index (χ0v) is 14.6. The maximum Gasteiger partial charge on any atom is 0.349 e. The van der Waals surface area contributed by atoms with Gasteiger partial charge in [-0.05, 0) is 30.7 Å². The molecule has 7 heteroatoms. The van der Waals surface area contributed by atoms with Crippen LogP contribution in [0.1, 0.15) is 26.2 Å². The van der Waals surface area contributed by atoms with E-state index in [1.54, 1.807) is 18.2 Å². The first-order valence-electron chi connectivity index (χ1n) is 8.39. The van der Waals surface area contributed by atoms with Crippen molar-refractivity contribution in [2.24, 2.45) is 0 Å². The highest BCUT2D eigenvalue weighted by Gasteiger charge is 2.09. The molecule has 0 bridgehead atoms. The number of benzene rings is 2. The molecule has 0 aliphatic rings. The predicted molar refractivity (Wildman–Crippen MR) is 95.7 cm³/mol. The molecule has 0 aliphatic carbocycles. The molecule has 0 aliphatic heterocycles. The quantitative estimate of drug-likeness (QED) is 0.208. The molecule has 0 heterocycles. The van der Waals surface area contributed by atoms with Crippen molar-refractivity contribution in [1.82, 2.24) is 0 Å². The van der Waals surface area contributed by atoms with Crippen molar-refractivity contribution in [3.05, 3.63) is 58.6 Å². The summed E-state index contributed by atoms with van der Waals surface area (Å²) in [5.41, 5.74) is -0.0724. The summed E-state index contributed by atoms with van der Waals surface area (Å²) in [6.07, 6.45) is 3.23. The van der Waals surface area contributed by atoms with Crippen molar-refractivity contribution in [2.75, 3.05) is 13.2 Å². The SMILES string of the molecule is CCCCCOc1cccc(OCC(=O)Oc2ccc([N+](=O)[O-])cc2)c1. The number of non-ortho nitro benzene ring substituents is 1. The van der Waals surface area contributed by atoms with Gasteiger partial charge in [-0.1, -0.05) is 25.8 Å². The number of unbranched alkanes of at least 4 members (excludes halogenated alkanes) is 2. The number of nitro benzene ring substituents is 1. The van der Waals surface area contributed by atoms with Crippen LogP contribution in [0.2, 0.25) is 0 Å². The van der Waals surface area contributed by atoms with Gasteiger partial charge in [0.15, 0.2) is 6.61 Å². The normalized spacial score (nSPS) is 10.2. The Morgan fingerprint density at radius 2 is 1.69 bits per heavy atom. The van der Waals surface area contributed by atoms with Gasteiger partial charge in [0.1, 0.15) is 17.2 Å². The molecule has 0 aromatic heterocycles. The summed E-state index contributed by atoms with van der Waals surface area (Å²) >= 11 is 0. The molecule has 0 spiro atoms. The highest BCUT2D eigenvalue weighted by Crippen LogP contribution is 2.20. The van der Waals surface area contributed by atoms with Gasteiger partial charge in [-0.25, -0.2) is 4.79 Å². The number of nitrogens with zero attached hydrogens (tertiary/aromatic N) is 1. The highest BCUT2D eigenvalue weighted by atomic mass is 16.6. The number of hydrogen-bond acceptors (Lipinski definition) is 6. The van der Waals surface area contributed by atoms with Gasteiger partial charge in [0.25, 0.3) is 5.69 Å². The van der Waals surface area contributed by atoms with Crippen molar-refractivity contribution in [2.45, 2.75) is 26.2 Å². The third-order valence-corrected chi connectivity index (χ3v) is 3.46. The fourth-order valence-electron chi connectivity index (χ4n) is 2.13. The minimum absolute atomic E-state index is 0.0724. The van der Waals surface area contributed by atoms with Gasteiger partial charge in [-0.3, -0.25) is 10.1 Å². The Morgan fingerprint density at radius 1 is 1.00 bits per heavy atom. The summed E-state index contributed by atoms with van der Waals surface area (Å²) in [7, 11) is 0. The number of esters is 1. The van der Waals surface area contributed by atoms with E-state index in [4.69, 9.17) is 14.2 Å². The molecule has 7 nitrogen and oxygen atoms in total. The molecule has 0 unspecified atom stereocenters. The maximum atomic E-state index is 11.8. The van der Waals surface area contributed by atoms with Crippen LogP contribution in [0.25, 0.3) is 0 Å². The Bertz CT molecular complexity index is 729. The van der Waals surface area contributed by atoms with Gasteiger partial charge in [-0.2, -0.15) is 0 Å². The molecule has 138 valence electrons. The molecule has 0 amide bonds. The van der Waals surface area contributed by atoms with Crippen molar-refractivity contribution in [1.29, 1.82) is 0 Å². The van der Waals surface area contributed by atoms with E-state index >= 15 is 0 Å². The van der Waals surface area contributed by atoms with E-state index in [9.17, 15) is 14.9 Å². The van der Waals surface area contributed by atoms with Crippen LogP contribution in [0.4, 0.5) is 5.69 Å². The number of rotatable bonds is 10. The largest absolute Gasteiger partial charge is 0.493 e. The number of nitro groups is 1. The molecule has 0 saturated carbocycles. The van der Waals surface area contributed by atoms with Gasteiger partial charge < -0.3 is 14.2 Å². The number of hydrogen-bond donors (Lipinski definition) is 0. The predicted octanol–water partition coefficient (Wildman–Crippen LogP) is 4.15. The summed E-state index contributed by atoms with van der Waals surface area (Å²) < 4.78 is 16.1. The first-order chi connectivity index (χ1) is 12.6. The van der Waals surface area contributed by atoms with Crippen molar-refractivity contribution in [3.63, 3.8) is 0 Å². The van der Waals surface area contributed by atoms with Crippen LogP contribution < -0.4 is 14.2 Å². The number of ether oxygens (including phenoxy) is 3. The maximum absolute atomic E-state index is 11.8. The summed E-state index contributed by atoms with van der Waals surface area (Å²) in [5.74, 6) is 0.798. The van der Waals surface area contributed by atoms with Crippen LogP contribution in [0, 0.1) is 10.1 Å². The third-order valence-electron chi connectivity index (χ3n) is 3.46. The van der Waals surface area contributed by atoms with E-state index < -0.39 is 10.9 Å². The van der Waals surface area contributed by atoms with Crippen molar-refractivity contribution >= 4 is 11.7 Å². The van der Waals surface area contributed by atoms with E-state index in [0.717, 1.165) is 19.3 Å². The van der Waals surface area contributed by atoms with Gasteiger partial charge >= 0.3 is 5.97 Å². The first kappa shape index (κ1) is 19.2. The second-order valence-corrected chi connectivity index (χ2v) is 5.54. The Balaban J connectivity index is 1.80. The second kappa shape index (κ2) is 10.0. The van der Waals surface area contributed by atoms with Gasteiger partial charge in [0.05, 0.1) is 11.5 Å². The van der Waals surface area contributed by atoms with E-state index in [0.29, 0.717) is 18.1 Å². The van der Waals surface area contributed by atoms with Crippen LogP contribution in [0.5, 0.6) is 17.2 Å². The van der Waals surface area contributed by atoms with Gasteiger partial charge in [0, 0.05) is 18.2 Å². The first-order valence-corrected chi connectivity index (χ1v) is 8.39. The lowest BCUT2D eigenvalue weighted by molar-refractivity contribution is -0.384. The summed E-state index contributed by atoms with van der Waals surface area (Å²) in [5, 5.41) is 10.6. The standard InChI is InChI=1S/C19H21NO6/c1-2-3-4-12-24-17-6-5-7-18(13-17)25-14-19(21)26-16-10-8-15(9-11-16)20(22)23/h5-11,13H,2-4,12,14H2,1H3. The fraction of sp³-hybridized carbons (Fsp3) is 0.316. The van der Waals surface area contributed by atoms with Crippen LogP contribution in [0.3, 0.4) is 0 Å². The van der Waals surface area contributed by atoms with Crippen molar-refractivity contribution < 1.29 is 23.9 Å². The Kier molecular flexibility index (Phi) is 7.42. The molecule has 26 heavy (non-hydrogen) atoms. The fourth-order valence-corrected chi connectivity index (χ4v) is 2.13. The summed E-state index contributed by atoms with van der Waals surface area (Å²) in [4.78, 5) is 21.9. The average Bonchev–Trinajstić information content (AvgIpc) is 2.64. The molecule has 0 atom stereocenters. The second-order valence-electron chi connectivity index (χ2n) is 5.54. The molecule has 2 rings (SSSR count). The molecule has 0 fully saturated rings. The molecule has 2 aromatic carbocycles. The molecule has 0 radical (unpaired) electrons. The summed E-state index contributed by atoms with van der Waals surface area (Å²) in [6, 6.07) is 12.3. The number of carbonyl (C=O) groups is 1. The lowest BCUT2D eigenvalue weighted by Crippen LogP contribution is -2.17. The van der Waals surface area contributed by atoms with Crippen molar-refractivity contribution in [3.8, 4) is 17.2 Å². The Morgan fingerprint density at radius 3 is 2.35 bits per heavy atom. The van der Waals surface area contributed by atoms with Crippen LogP contribution in [-0.2, 0) is 4.79 Å². The topological polar surface area (TPSA) is 87.9 Å². The van der Waals surface area contributed by atoms with Gasteiger partial charge in [0.2, 0.25) is 0 Å². The van der Waals surface area contributed by atoms with E-state index in [2.05, 4.69) is 6.92 Å². The van der Waals surface area contributed by atoms with Gasteiger partial charge in [-0.15, -0.1) is 0 Å². The van der Waals surface area contributed by atoms with E-state index in [-0.39, 0.29) is 18.0 Å². The third kappa shape index (κ3) is 6.43. The molecule has 2 aromatic rings. The zero-order valence-electron chi connectivity index (χ0n) is 14.6. The zero-order chi connectivity index (χ0) is 18.8. The molecule has 0 N–H and O–H groups in total. The van der Waals surface area contributed by atoms with Crippen LogP contribution in [0.15, 0.2) is 48.5 Å². The van der Waals surface area contributed by atoms with E-state index in [1.165, 1.54) is 24.3 Å². The average molecular weight is 359 g/mol. The van der Waals surface area contributed by atoms with Crippen LogP contribution in [-0.4, -0.2) is 24.1 Å².